The maximum absolute atomic E-state index is 4.08. The molecule has 1 aromatic carbocycles. The van der Waals surface area contributed by atoms with Gasteiger partial charge >= 0.3 is 0 Å². The van der Waals surface area contributed by atoms with Gasteiger partial charge in [0.05, 0.1) is 6.04 Å². The Kier molecular flexibility index (Phi) is 5.23. The Labute approximate surface area is 107 Å². The van der Waals surface area contributed by atoms with Crippen molar-refractivity contribution in [3.8, 4) is 0 Å². The highest BCUT2D eigenvalue weighted by Crippen LogP contribution is 2.26. The van der Waals surface area contributed by atoms with Crippen LogP contribution in [0.1, 0.15) is 37.4 Å². The summed E-state index contributed by atoms with van der Waals surface area (Å²) < 4.78 is 1.12. The quantitative estimate of drug-likeness (QED) is 0.790. The Hall–Kier alpha value is -0.600. The molecule has 16 heavy (non-hydrogen) atoms. The SMILES string of the molecule is C=C(C)C(NCCC)c1cc(Br)ccc1C. The number of nitrogens with one attached hydrogen (secondary N) is 1. The molecule has 0 saturated carbocycles. The maximum Gasteiger partial charge on any atom is 0.0533 e. The molecule has 0 fully saturated rings. The average molecular weight is 282 g/mol. The zero-order valence-electron chi connectivity index (χ0n) is 10.3. The highest BCUT2D eigenvalue weighted by Gasteiger charge is 2.13. The smallest absolute Gasteiger partial charge is 0.0533 e. The third kappa shape index (κ3) is 3.46. The lowest BCUT2D eigenvalue weighted by Gasteiger charge is -2.21. The molecule has 1 aromatic rings. The van der Waals surface area contributed by atoms with E-state index in [0.29, 0.717) is 0 Å². The molecule has 1 atom stereocenters. The minimum Gasteiger partial charge on any atom is -0.307 e. The van der Waals surface area contributed by atoms with Gasteiger partial charge in [0.25, 0.3) is 0 Å². The van der Waals surface area contributed by atoms with E-state index in [1.807, 2.05) is 0 Å². The first-order chi connectivity index (χ1) is 7.56. The lowest BCUT2D eigenvalue weighted by molar-refractivity contribution is 0.588. The summed E-state index contributed by atoms with van der Waals surface area (Å²) >= 11 is 3.52. The van der Waals surface area contributed by atoms with E-state index in [4.69, 9.17) is 0 Å². The monoisotopic (exact) mass is 281 g/mol. The number of rotatable bonds is 5. The van der Waals surface area contributed by atoms with E-state index in [0.717, 1.165) is 23.0 Å². The first kappa shape index (κ1) is 13.5. The highest BCUT2D eigenvalue weighted by molar-refractivity contribution is 9.10. The Morgan fingerprint density at radius 3 is 2.75 bits per heavy atom. The molecule has 0 saturated heterocycles. The van der Waals surface area contributed by atoms with Gasteiger partial charge in [0, 0.05) is 4.47 Å². The van der Waals surface area contributed by atoms with Crippen molar-refractivity contribution in [3.05, 3.63) is 46.0 Å². The van der Waals surface area contributed by atoms with Crippen LogP contribution in [0, 0.1) is 6.92 Å². The molecule has 0 bridgehead atoms. The van der Waals surface area contributed by atoms with Crippen LogP contribution in [-0.4, -0.2) is 6.54 Å². The van der Waals surface area contributed by atoms with Crippen LogP contribution in [0.3, 0.4) is 0 Å². The molecule has 2 heteroatoms. The largest absolute Gasteiger partial charge is 0.307 e. The van der Waals surface area contributed by atoms with Gasteiger partial charge in [0.15, 0.2) is 0 Å². The van der Waals surface area contributed by atoms with E-state index in [2.05, 4.69) is 66.8 Å². The lowest BCUT2D eigenvalue weighted by Crippen LogP contribution is -2.23. The summed E-state index contributed by atoms with van der Waals surface area (Å²) in [6.45, 7) is 11.5. The van der Waals surface area contributed by atoms with Crippen molar-refractivity contribution < 1.29 is 0 Å². The van der Waals surface area contributed by atoms with Crippen LogP contribution in [-0.2, 0) is 0 Å². The Morgan fingerprint density at radius 2 is 2.19 bits per heavy atom. The van der Waals surface area contributed by atoms with Crippen molar-refractivity contribution in [2.45, 2.75) is 33.2 Å². The Morgan fingerprint density at radius 1 is 1.50 bits per heavy atom. The molecule has 0 aliphatic carbocycles. The number of halogens is 1. The van der Waals surface area contributed by atoms with Gasteiger partial charge in [-0.25, -0.2) is 0 Å². The van der Waals surface area contributed by atoms with E-state index < -0.39 is 0 Å². The van der Waals surface area contributed by atoms with Gasteiger partial charge in [-0.15, -0.1) is 0 Å². The molecule has 1 N–H and O–H groups in total. The van der Waals surface area contributed by atoms with Crippen molar-refractivity contribution in [2.24, 2.45) is 0 Å². The molecular weight excluding hydrogens is 262 g/mol. The first-order valence-electron chi connectivity index (χ1n) is 5.71. The van der Waals surface area contributed by atoms with Crippen LogP contribution in [0.2, 0.25) is 0 Å². The predicted molar refractivity (Wildman–Crippen MR) is 74.7 cm³/mol. The second-order valence-corrected chi connectivity index (χ2v) is 5.15. The molecule has 0 amide bonds. The van der Waals surface area contributed by atoms with E-state index in [9.17, 15) is 0 Å². The van der Waals surface area contributed by atoms with Crippen LogP contribution in [0.15, 0.2) is 34.8 Å². The fourth-order valence-electron chi connectivity index (χ4n) is 1.76. The molecule has 0 radical (unpaired) electrons. The standard InChI is InChI=1S/C14H20BrN/c1-5-8-16-14(10(2)3)13-9-12(15)7-6-11(13)4/h6-7,9,14,16H,2,5,8H2,1,3-4H3. The molecule has 0 aromatic heterocycles. The summed E-state index contributed by atoms with van der Waals surface area (Å²) in [7, 11) is 0. The molecular formula is C14H20BrN. The predicted octanol–water partition coefficient (Wildman–Crippen LogP) is 4.37. The van der Waals surface area contributed by atoms with Crippen LogP contribution in [0.25, 0.3) is 0 Å². The molecule has 0 spiro atoms. The second-order valence-electron chi connectivity index (χ2n) is 4.23. The van der Waals surface area contributed by atoms with E-state index in [1.165, 1.54) is 11.1 Å². The van der Waals surface area contributed by atoms with E-state index in [1.54, 1.807) is 0 Å². The molecule has 88 valence electrons. The first-order valence-corrected chi connectivity index (χ1v) is 6.50. The fourth-order valence-corrected chi connectivity index (χ4v) is 2.14. The molecule has 1 unspecified atom stereocenters. The summed E-state index contributed by atoms with van der Waals surface area (Å²) in [5.74, 6) is 0. The number of aryl methyl sites for hydroxylation is 1. The van der Waals surface area contributed by atoms with Gasteiger partial charge in [-0.05, 0) is 50.1 Å². The number of benzene rings is 1. The summed E-state index contributed by atoms with van der Waals surface area (Å²) in [6, 6.07) is 6.66. The van der Waals surface area contributed by atoms with Crippen molar-refractivity contribution in [2.75, 3.05) is 6.54 Å². The third-order valence-electron chi connectivity index (χ3n) is 2.64. The van der Waals surface area contributed by atoms with Gasteiger partial charge in [-0.3, -0.25) is 0 Å². The van der Waals surface area contributed by atoms with Crippen molar-refractivity contribution >= 4 is 15.9 Å². The Bertz CT molecular complexity index is 371. The zero-order valence-corrected chi connectivity index (χ0v) is 11.9. The molecule has 0 aliphatic rings. The van der Waals surface area contributed by atoms with Crippen molar-refractivity contribution in [3.63, 3.8) is 0 Å². The van der Waals surface area contributed by atoms with Crippen LogP contribution in [0.5, 0.6) is 0 Å². The van der Waals surface area contributed by atoms with E-state index >= 15 is 0 Å². The summed E-state index contributed by atoms with van der Waals surface area (Å²) in [5.41, 5.74) is 3.78. The highest BCUT2D eigenvalue weighted by atomic mass is 79.9. The van der Waals surface area contributed by atoms with Crippen LogP contribution >= 0.6 is 15.9 Å². The average Bonchev–Trinajstić information content (AvgIpc) is 2.23. The zero-order chi connectivity index (χ0) is 12.1. The lowest BCUT2D eigenvalue weighted by atomic mass is 9.96. The molecule has 0 heterocycles. The molecule has 1 nitrogen and oxygen atoms in total. The fraction of sp³-hybridized carbons (Fsp3) is 0.429. The summed E-state index contributed by atoms with van der Waals surface area (Å²) in [5, 5.41) is 3.53. The molecule has 0 aliphatic heterocycles. The van der Waals surface area contributed by atoms with E-state index in [-0.39, 0.29) is 6.04 Å². The van der Waals surface area contributed by atoms with Crippen molar-refractivity contribution in [1.82, 2.24) is 5.32 Å². The van der Waals surface area contributed by atoms with Crippen LogP contribution in [0.4, 0.5) is 0 Å². The topological polar surface area (TPSA) is 12.0 Å². The van der Waals surface area contributed by atoms with Gasteiger partial charge in [-0.1, -0.05) is 41.1 Å². The third-order valence-corrected chi connectivity index (χ3v) is 3.14. The summed E-state index contributed by atoms with van der Waals surface area (Å²) in [6.07, 6.45) is 1.14. The maximum atomic E-state index is 4.08. The Balaban J connectivity index is 3.00. The minimum atomic E-state index is 0.262. The van der Waals surface area contributed by atoms with Gasteiger partial charge < -0.3 is 5.32 Å². The van der Waals surface area contributed by atoms with Crippen molar-refractivity contribution in [1.29, 1.82) is 0 Å². The molecule has 1 rings (SSSR count). The summed E-state index contributed by atoms with van der Waals surface area (Å²) in [4.78, 5) is 0. The second kappa shape index (κ2) is 6.21. The number of hydrogen-bond donors (Lipinski definition) is 1. The van der Waals surface area contributed by atoms with Gasteiger partial charge in [0.1, 0.15) is 0 Å². The van der Waals surface area contributed by atoms with Crippen LogP contribution < -0.4 is 5.32 Å². The minimum absolute atomic E-state index is 0.262. The normalized spacial score (nSPS) is 12.5. The van der Waals surface area contributed by atoms with Gasteiger partial charge in [0.2, 0.25) is 0 Å². The van der Waals surface area contributed by atoms with Gasteiger partial charge in [-0.2, -0.15) is 0 Å². The number of hydrogen-bond acceptors (Lipinski definition) is 1.